The molecule has 0 amide bonds. The number of benzene rings is 1. The van der Waals surface area contributed by atoms with Gasteiger partial charge in [0.1, 0.15) is 0 Å². The third-order valence-electron chi connectivity index (χ3n) is 6.48. The molecule has 1 unspecified atom stereocenters. The Labute approximate surface area is 181 Å². The van der Waals surface area contributed by atoms with Gasteiger partial charge in [0.25, 0.3) is 0 Å². The Kier molecular flexibility index (Phi) is 8.93. The van der Waals surface area contributed by atoms with Crippen LogP contribution in [0.2, 0.25) is 0 Å². The summed E-state index contributed by atoms with van der Waals surface area (Å²) in [7, 11) is 1.79. The summed E-state index contributed by atoms with van der Waals surface area (Å²) in [6.07, 6.45) is 1.73. The highest BCUT2D eigenvalue weighted by Crippen LogP contribution is 2.31. The van der Waals surface area contributed by atoms with E-state index in [0.29, 0.717) is 6.61 Å². The van der Waals surface area contributed by atoms with Gasteiger partial charge in [-0.05, 0) is 30.5 Å². The number of nitrogens with one attached hydrogen (secondary N) is 2. The second kappa shape index (κ2) is 11.6. The molecule has 30 heavy (non-hydrogen) atoms. The quantitative estimate of drug-likeness (QED) is 0.415. The minimum absolute atomic E-state index is 0.0105. The number of hydrogen-bond acceptors (Lipinski definition) is 5. The first-order valence-corrected chi connectivity index (χ1v) is 11.3. The molecule has 0 aromatic heterocycles. The summed E-state index contributed by atoms with van der Waals surface area (Å²) in [5.41, 5.74) is 2.63. The lowest BCUT2D eigenvalue weighted by molar-refractivity contribution is 0.127. The van der Waals surface area contributed by atoms with Crippen LogP contribution < -0.4 is 10.6 Å². The molecule has 1 aromatic rings. The second-order valence-electron chi connectivity index (χ2n) is 8.58. The number of aliphatic imine (C=N–C) groups is 1. The van der Waals surface area contributed by atoms with E-state index in [1.807, 2.05) is 0 Å². The van der Waals surface area contributed by atoms with Crippen molar-refractivity contribution in [3.05, 3.63) is 35.4 Å². The Morgan fingerprint density at radius 3 is 2.40 bits per heavy atom. The van der Waals surface area contributed by atoms with Crippen LogP contribution in [0.25, 0.3) is 0 Å². The molecule has 0 radical (unpaired) electrons. The zero-order chi connectivity index (χ0) is 21.2. The summed E-state index contributed by atoms with van der Waals surface area (Å²) in [5, 5.41) is 16.2. The van der Waals surface area contributed by atoms with E-state index in [-0.39, 0.29) is 12.0 Å². The molecule has 7 nitrogen and oxygen atoms in total. The SMILES string of the molecule is CCN1CCN(Cc2ccc(CNC(=NC)NCC3(CCO)CCOC3)cc2)CC1. The molecule has 0 bridgehead atoms. The topological polar surface area (TPSA) is 72.4 Å². The van der Waals surface area contributed by atoms with E-state index in [1.54, 1.807) is 7.05 Å². The number of rotatable bonds is 9. The minimum atomic E-state index is 0.0105. The molecule has 0 spiro atoms. The summed E-state index contributed by atoms with van der Waals surface area (Å²) in [6.45, 7) is 12.3. The van der Waals surface area contributed by atoms with Crippen LogP contribution in [0, 0.1) is 5.41 Å². The third-order valence-corrected chi connectivity index (χ3v) is 6.48. The van der Waals surface area contributed by atoms with Gasteiger partial charge in [-0.1, -0.05) is 31.2 Å². The molecule has 2 aliphatic heterocycles. The molecule has 1 atom stereocenters. The second-order valence-corrected chi connectivity index (χ2v) is 8.58. The predicted molar refractivity (Wildman–Crippen MR) is 122 cm³/mol. The highest BCUT2D eigenvalue weighted by Gasteiger charge is 2.34. The first-order chi connectivity index (χ1) is 14.7. The van der Waals surface area contributed by atoms with Gasteiger partial charge in [-0.2, -0.15) is 0 Å². The smallest absolute Gasteiger partial charge is 0.191 e. The molecular weight excluding hydrogens is 378 g/mol. The number of aliphatic hydroxyl groups is 1. The number of hydrogen-bond donors (Lipinski definition) is 3. The Balaban J connectivity index is 1.42. The third kappa shape index (κ3) is 6.67. The van der Waals surface area contributed by atoms with Gasteiger partial charge >= 0.3 is 0 Å². The molecule has 1 aromatic carbocycles. The molecule has 3 N–H and O–H groups in total. The van der Waals surface area contributed by atoms with Crippen molar-refractivity contribution in [1.29, 1.82) is 0 Å². The number of guanidine groups is 1. The lowest BCUT2D eigenvalue weighted by Gasteiger charge is -2.34. The summed E-state index contributed by atoms with van der Waals surface area (Å²) in [4.78, 5) is 9.40. The Bertz CT molecular complexity index is 650. The van der Waals surface area contributed by atoms with Crippen molar-refractivity contribution in [2.24, 2.45) is 10.4 Å². The van der Waals surface area contributed by atoms with Gasteiger partial charge in [0, 0.05) is 71.5 Å². The summed E-state index contributed by atoms with van der Waals surface area (Å²) in [5.74, 6) is 0.789. The van der Waals surface area contributed by atoms with Crippen LogP contribution in [-0.4, -0.2) is 87.0 Å². The molecule has 0 aliphatic carbocycles. The Morgan fingerprint density at radius 1 is 1.10 bits per heavy atom. The number of ether oxygens (including phenoxy) is 1. The van der Waals surface area contributed by atoms with Crippen molar-refractivity contribution in [1.82, 2.24) is 20.4 Å². The van der Waals surface area contributed by atoms with Gasteiger partial charge < -0.3 is 25.4 Å². The van der Waals surface area contributed by atoms with E-state index in [9.17, 15) is 5.11 Å². The van der Waals surface area contributed by atoms with Crippen molar-refractivity contribution in [2.75, 3.05) is 66.1 Å². The van der Waals surface area contributed by atoms with Crippen molar-refractivity contribution in [3.63, 3.8) is 0 Å². The van der Waals surface area contributed by atoms with Crippen LogP contribution >= 0.6 is 0 Å². The number of aliphatic hydroxyl groups excluding tert-OH is 1. The zero-order valence-corrected chi connectivity index (χ0v) is 18.7. The van der Waals surface area contributed by atoms with Gasteiger partial charge in [0.15, 0.2) is 5.96 Å². The molecule has 0 saturated carbocycles. The lowest BCUT2D eigenvalue weighted by Crippen LogP contribution is -2.45. The summed E-state index contributed by atoms with van der Waals surface area (Å²) in [6, 6.07) is 8.89. The number of piperazine rings is 1. The normalized spacial score (nSPS) is 23.6. The standard InChI is InChI=1S/C23H39N5O2/c1-3-27-10-12-28(13-11-27)17-21-6-4-20(5-7-21)16-25-22(24-2)26-18-23(8-14-29)9-15-30-19-23/h4-7,29H,3,8-19H2,1-2H3,(H2,24,25,26). The minimum Gasteiger partial charge on any atom is -0.396 e. The van der Waals surface area contributed by atoms with E-state index in [0.717, 1.165) is 64.7 Å². The molecule has 2 saturated heterocycles. The maximum absolute atomic E-state index is 9.38. The average Bonchev–Trinajstić information content (AvgIpc) is 3.24. The number of likely N-dealkylation sites (N-methyl/N-ethyl adjacent to an activating group) is 1. The van der Waals surface area contributed by atoms with E-state index in [1.165, 1.54) is 24.2 Å². The molecule has 2 fully saturated rings. The van der Waals surface area contributed by atoms with Crippen molar-refractivity contribution < 1.29 is 9.84 Å². The lowest BCUT2D eigenvalue weighted by atomic mass is 9.84. The van der Waals surface area contributed by atoms with Crippen molar-refractivity contribution >= 4 is 5.96 Å². The van der Waals surface area contributed by atoms with E-state index in [4.69, 9.17) is 4.74 Å². The van der Waals surface area contributed by atoms with Crippen LogP contribution in [0.1, 0.15) is 30.9 Å². The van der Waals surface area contributed by atoms with E-state index < -0.39 is 0 Å². The van der Waals surface area contributed by atoms with Crippen molar-refractivity contribution in [2.45, 2.75) is 32.9 Å². The van der Waals surface area contributed by atoms with Crippen molar-refractivity contribution in [3.8, 4) is 0 Å². The average molecular weight is 418 g/mol. The zero-order valence-electron chi connectivity index (χ0n) is 18.7. The summed E-state index contributed by atoms with van der Waals surface area (Å²) < 4.78 is 5.57. The molecule has 2 aliphatic rings. The fourth-order valence-electron chi connectivity index (χ4n) is 4.27. The first-order valence-electron chi connectivity index (χ1n) is 11.3. The van der Waals surface area contributed by atoms with E-state index >= 15 is 0 Å². The van der Waals surface area contributed by atoms with Gasteiger partial charge in [-0.3, -0.25) is 9.89 Å². The van der Waals surface area contributed by atoms with Gasteiger partial charge in [0.2, 0.25) is 0 Å². The maximum Gasteiger partial charge on any atom is 0.191 e. The molecule has 168 valence electrons. The van der Waals surface area contributed by atoms with E-state index in [2.05, 4.69) is 56.6 Å². The van der Waals surface area contributed by atoms with Crippen LogP contribution in [-0.2, 0) is 17.8 Å². The Morgan fingerprint density at radius 2 is 1.80 bits per heavy atom. The highest BCUT2D eigenvalue weighted by molar-refractivity contribution is 5.79. The highest BCUT2D eigenvalue weighted by atomic mass is 16.5. The predicted octanol–water partition coefficient (Wildman–Crippen LogP) is 1.28. The molecule has 3 rings (SSSR count). The van der Waals surface area contributed by atoms with Crippen LogP contribution in [0.3, 0.4) is 0 Å². The first kappa shape index (κ1) is 23.0. The van der Waals surface area contributed by atoms with Gasteiger partial charge in [-0.25, -0.2) is 0 Å². The van der Waals surface area contributed by atoms with Gasteiger partial charge in [-0.15, -0.1) is 0 Å². The van der Waals surface area contributed by atoms with Crippen LogP contribution in [0.15, 0.2) is 29.3 Å². The summed E-state index contributed by atoms with van der Waals surface area (Å²) >= 11 is 0. The molecule has 7 heteroatoms. The van der Waals surface area contributed by atoms with Gasteiger partial charge in [0.05, 0.1) is 6.61 Å². The monoisotopic (exact) mass is 417 g/mol. The Hall–Kier alpha value is -1.67. The molecular formula is C23H39N5O2. The largest absolute Gasteiger partial charge is 0.396 e. The molecule has 2 heterocycles. The van der Waals surface area contributed by atoms with Crippen LogP contribution in [0.5, 0.6) is 0 Å². The maximum atomic E-state index is 9.38. The van der Waals surface area contributed by atoms with Crippen LogP contribution in [0.4, 0.5) is 0 Å². The fraction of sp³-hybridized carbons (Fsp3) is 0.696. The fourth-order valence-corrected chi connectivity index (χ4v) is 4.27. The number of nitrogens with zero attached hydrogens (tertiary/aromatic N) is 3.